The highest BCUT2D eigenvalue weighted by Crippen LogP contribution is 2.58. The molecular weight excluding hydrogens is 526 g/mol. The van der Waals surface area contributed by atoms with Crippen LogP contribution in [0.5, 0.6) is 0 Å². The first kappa shape index (κ1) is 35.3. The van der Waals surface area contributed by atoms with E-state index in [1.807, 2.05) is 0 Å². The standard InChI is InChI=1S/C7H10F4.3C7H12F2/c1-5(8)3-6(2,9)7(10,11)4-5;2*1-3-7(9)4-6(2,8)5-7;1-3-6(8)5-7(6,9)4-2/h3-4H2,1-2H3;3*3-5H2,1-2H3. The molecule has 4 saturated carbocycles. The van der Waals surface area contributed by atoms with Crippen molar-refractivity contribution in [1.82, 2.24) is 0 Å². The summed E-state index contributed by atoms with van der Waals surface area (Å²) in [6.45, 7) is 11.6. The monoisotopic (exact) mass is 572 g/mol. The number of hydrogen-bond donors (Lipinski definition) is 0. The van der Waals surface area contributed by atoms with E-state index in [-0.39, 0.29) is 32.1 Å². The molecular formula is C28H46F10. The predicted molar refractivity (Wildman–Crippen MR) is 132 cm³/mol. The first-order valence-corrected chi connectivity index (χ1v) is 13.6. The number of halogens is 10. The highest BCUT2D eigenvalue weighted by molar-refractivity contribution is 5.17. The molecule has 4 rings (SSSR count). The summed E-state index contributed by atoms with van der Waals surface area (Å²) in [6, 6.07) is 0. The summed E-state index contributed by atoms with van der Waals surface area (Å²) in [7, 11) is 0. The largest absolute Gasteiger partial charge is 0.284 e. The molecule has 4 atom stereocenters. The first-order valence-electron chi connectivity index (χ1n) is 13.6. The van der Waals surface area contributed by atoms with Gasteiger partial charge in [-0.1, -0.05) is 27.7 Å². The molecule has 38 heavy (non-hydrogen) atoms. The van der Waals surface area contributed by atoms with Gasteiger partial charge in [0.15, 0.2) is 5.67 Å². The van der Waals surface area contributed by atoms with E-state index >= 15 is 0 Å². The normalized spacial score (nSPS) is 50.1. The van der Waals surface area contributed by atoms with Crippen LogP contribution in [0.3, 0.4) is 0 Å². The van der Waals surface area contributed by atoms with Gasteiger partial charge < -0.3 is 0 Å². The fraction of sp³-hybridized carbons (Fsp3) is 1.00. The maximum atomic E-state index is 12.9. The molecule has 0 radical (unpaired) electrons. The van der Waals surface area contributed by atoms with Gasteiger partial charge in [0.2, 0.25) is 0 Å². The van der Waals surface area contributed by atoms with Crippen LogP contribution >= 0.6 is 0 Å². The summed E-state index contributed by atoms with van der Waals surface area (Å²) >= 11 is 0. The third kappa shape index (κ3) is 8.65. The molecule has 0 saturated heterocycles. The molecule has 0 aromatic carbocycles. The summed E-state index contributed by atoms with van der Waals surface area (Å²) in [4.78, 5) is 0. The Labute approximate surface area is 221 Å². The van der Waals surface area contributed by atoms with Gasteiger partial charge in [-0.05, 0) is 53.4 Å². The second-order valence-corrected chi connectivity index (χ2v) is 13.0. The molecule has 0 heterocycles. The Hall–Kier alpha value is -0.700. The highest BCUT2D eigenvalue weighted by atomic mass is 19.3. The lowest BCUT2D eigenvalue weighted by Crippen LogP contribution is -2.48. The minimum Gasteiger partial charge on any atom is -0.244 e. The van der Waals surface area contributed by atoms with E-state index in [1.54, 1.807) is 27.7 Å². The maximum absolute atomic E-state index is 12.9. The van der Waals surface area contributed by atoms with E-state index in [9.17, 15) is 43.9 Å². The van der Waals surface area contributed by atoms with Crippen molar-refractivity contribution in [1.29, 1.82) is 0 Å². The molecule has 0 nitrogen and oxygen atoms in total. The zero-order valence-electron chi connectivity index (χ0n) is 24.1. The van der Waals surface area contributed by atoms with E-state index in [0.717, 1.165) is 13.8 Å². The quantitative estimate of drug-likeness (QED) is 0.294. The predicted octanol–water partition coefficient (Wildman–Crippen LogP) is 10.8. The molecule has 10 heteroatoms. The zero-order valence-corrected chi connectivity index (χ0v) is 24.1. The molecule has 4 fully saturated rings. The zero-order chi connectivity index (χ0) is 30.3. The van der Waals surface area contributed by atoms with E-state index in [0.29, 0.717) is 25.7 Å². The average Bonchev–Trinajstić information content (AvgIpc) is 3.21. The molecule has 0 N–H and O–H groups in total. The Bertz CT molecular complexity index is 713. The summed E-state index contributed by atoms with van der Waals surface area (Å²) in [6.07, 6.45) is 0.306. The van der Waals surface area contributed by atoms with Crippen molar-refractivity contribution in [2.45, 2.75) is 177 Å². The number of hydrogen-bond acceptors (Lipinski definition) is 0. The van der Waals surface area contributed by atoms with Gasteiger partial charge in [0.1, 0.15) is 39.7 Å². The van der Waals surface area contributed by atoms with E-state index in [1.165, 1.54) is 13.8 Å². The Balaban J connectivity index is 0.000000254. The van der Waals surface area contributed by atoms with Crippen molar-refractivity contribution in [3.05, 3.63) is 0 Å². The average molecular weight is 573 g/mol. The molecule has 0 aromatic heterocycles. The van der Waals surface area contributed by atoms with Crippen LogP contribution in [0.25, 0.3) is 0 Å². The minimum absolute atomic E-state index is 0.0938. The lowest BCUT2D eigenvalue weighted by Gasteiger charge is -2.43. The van der Waals surface area contributed by atoms with Gasteiger partial charge in [-0.3, -0.25) is 0 Å². The topological polar surface area (TPSA) is 0 Å². The second-order valence-electron chi connectivity index (χ2n) is 13.0. The molecule has 228 valence electrons. The van der Waals surface area contributed by atoms with Gasteiger partial charge in [0.25, 0.3) is 5.92 Å². The van der Waals surface area contributed by atoms with Crippen LogP contribution < -0.4 is 0 Å². The van der Waals surface area contributed by atoms with Crippen molar-refractivity contribution >= 4 is 0 Å². The van der Waals surface area contributed by atoms with Crippen molar-refractivity contribution in [2.75, 3.05) is 0 Å². The maximum Gasteiger partial charge on any atom is 0.284 e. The van der Waals surface area contributed by atoms with E-state index in [2.05, 4.69) is 0 Å². The fourth-order valence-corrected chi connectivity index (χ4v) is 5.85. The Morgan fingerprint density at radius 1 is 0.395 bits per heavy atom. The van der Waals surface area contributed by atoms with Crippen LogP contribution in [0, 0.1) is 0 Å². The number of alkyl halides is 10. The van der Waals surface area contributed by atoms with Gasteiger partial charge in [-0.15, -0.1) is 0 Å². The third-order valence-corrected chi connectivity index (χ3v) is 8.42. The van der Waals surface area contributed by atoms with E-state index in [4.69, 9.17) is 0 Å². The SMILES string of the molecule is CC1(F)CC(C)(F)C(F)(F)C1.CCC1(F)CC(C)(F)C1.CCC1(F)CC(C)(F)C1.CCC1(F)CC1(F)CC. The van der Waals surface area contributed by atoms with Gasteiger partial charge in [0.05, 0.1) is 0 Å². The van der Waals surface area contributed by atoms with Crippen LogP contribution in [-0.2, 0) is 0 Å². The van der Waals surface area contributed by atoms with E-state index < -0.39 is 64.1 Å². The highest BCUT2D eigenvalue weighted by Gasteiger charge is 2.68. The number of rotatable bonds is 4. The molecule has 0 spiro atoms. The molecule has 4 unspecified atom stereocenters. The summed E-state index contributed by atoms with van der Waals surface area (Å²) in [5, 5.41) is 0. The Kier molecular flexibility index (Phi) is 10.2. The fourth-order valence-electron chi connectivity index (χ4n) is 5.85. The van der Waals surface area contributed by atoms with Crippen LogP contribution in [0.15, 0.2) is 0 Å². The lowest BCUT2D eigenvalue weighted by molar-refractivity contribution is -0.106. The van der Waals surface area contributed by atoms with Gasteiger partial charge in [-0.2, -0.15) is 0 Å². The third-order valence-electron chi connectivity index (χ3n) is 8.42. The van der Waals surface area contributed by atoms with Crippen molar-refractivity contribution < 1.29 is 43.9 Å². The van der Waals surface area contributed by atoms with Gasteiger partial charge >= 0.3 is 0 Å². The molecule has 0 aromatic rings. The van der Waals surface area contributed by atoms with Gasteiger partial charge in [0, 0.05) is 44.9 Å². The first-order chi connectivity index (χ1) is 16.7. The molecule has 0 bridgehead atoms. The molecule has 4 aliphatic rings. The summed E-state index contributed by atoms with van der Waals surface area (Å²) < 4.78 is 128. The van der Waals surface area contributed by atoms with Crippen molar-refractivity contribution in [2.24, 2.45) is 0 Å². The summed E-state index contributed by atoms with van der Waals surface area (Å²) in [5.74, 6) is -3.52. The van der Waals surface area contributed by atoms with Crippen LogP contribution in [-0.4, -0.2) is 51.3 Å². The van der Waals surface area contributed by atoms with Crippen molar-refractivity contribution in [3.63, 3.8) is 0 Å². The molecule has 4 aliphatic carbocycles. The van der Waals surface area contributed by atoms with Crippen LogP contribution in [0.2, 0.25) is 0 Å². The summed E-state index contributed by atoms with van der Waals surface area (Å²) in [5.41, 5.74) is -12.5. The van der Waals surface area contributed by atoms with Crippen molar-refractivity contribution in [3.8, 4) is 0 Å². The van der Waals surface area contributed by atoms with Gasteiger partial charge in [-0.25, -0.2) is 43.9 Å². The lowest BCUT2D eigenvalue weighted by atomic mass is 9.70. The Morgan fingerprint density at radius 2 is 0.684 bits per heavy atom. The second kappa shape index (κ2) is 10.9. The van der Waals surface area contributed by atoms with Crippen LogP contribution in [0.4, 0.5) is 43.9 Å². The van der Waals surface area contributed by atoms with Crippen LogP contribution in [0.1, 0.15) is 126 Å². The molecule has 0 amide bonds. The molecule has 0 aliphatic heterocycles. The Morgan fingerprint density at radius 3 is 0.763 bits per heavy atom. The smallest absolute Gasteiger partial charge is 0.244 e. The minimum atomic E-state index is -3.52.